The highest BCUT2D eigenvalue weighted by molar-refractivity contribution is 5.92. The molecule has 0 radical (unpaired) electrons. The molecule has 0 aromatic heterocycles. The second kappa shape index (κ2) is 8.82. The zero-order valence-electron chi connectivity index (χ0n) is 14.3. The first-order valence-corrected chi connectivity index (χ1v) is 7.94. The summed E-state index contributed by atoms with van der Waals surface area (Å²) in [6.07, 6.45) is 0.0725. The summed E-state index contributed by atoms with van der Waals surface area (Å²) in [4.78, 5) is 25.1. The Morgan fingerprint density at radius 3 is 2.48 bits per heavy atom. The standard InChI is InChI=1S/C19H21FN2O3/c1-14(23)22(17-9-5-4-8-16(17)20)12-11-19(24)21-13-15-7-3-6-10-18(15)25-2/h3-10H,11-13H2,1-2H3,(H,21,24). The quantitative estimate of drug-likeness (QED) is 0.840. The molecule has 0 saturated heterocycles. The molecule has 0 heterocycles. The van der Waals surface area contributed by atoms with Crippen LogP contribution in [0, 0.1) is 5.82 Å². The molecule has 5 nitrogen and oxygen atoms in total. The summed E-state index contributed by atoms with van der Waals surface area (Å²) in [5, 5.41) is 2.78. The van der Waals surface area contributed by atoms with Crippen molar-refractivity contribution in [3.63, 3.8) is 0 Å². The van der Waals surface area contributed by atoms with Gasteiger partial charge >= 0.3 is 0 Å². The number of benzene rings is 2. The van der Waals surface area contributed by atoms with E-state index < -0.39 is 5.82 Å². The summed E-state index contributed by atoms with van der Waals surface area (Å²) in [7, 11) is 1.57. The van der Waals surface area contributed by atoms with E-state index in [1.807, 2.05) is 24.3 Å². The van der Waals surface area contributed by atoms with Crippen LogP contribution in [-0.4, -0.2) is 25.5 Å². The first-order valence-electron chi connectivity index (χ1n) is 7.94. The van der Waals surface area contributed by atoms with Crippen LogP contribution in [0.1, 0.15) is 18.9 Å². The van der Waals surface area contributed by atoms with Gasteiger partial charge in [-0.05, 0) is 18.2 Å². The average Bonchev–Trinajstić information content (AvgIpc) is 2.61. The maximum atomic E-state index is 13.9. The van der Waals surface area contributed by atoms with Crippen molar-refractivity contribution in [3.05, 3.63) is 59.9 Å². The molecule has 2 aromatic rings. The minimum absolute atomic E-state index is 0.0725. The van der Waals surface area contributed by atoms with E-state index in [9.17, 15) is 14.0 Å². The molecule has 0 aliphatic rings. The lowest BCUT2D eigenvalue weighted by Crippen LogP contribution is -2.34. The Labute approximate surface area is 146 Å². The predicted molar refractivity (Wildman–Crippen MR) is 93.9 cm³/mol. The van der Waals surface area contributed by atoms with Crippen molar-refractivity contribution >= 4 is 17.5 Å². The Hall–Kier alpha value is -2.89. The largest absolute Gasteiger partial charge is 0.496 e. The number of hydrogen-bond donors (Lipinski definition) is 1. The summed E-state index contributed by atoms with van der Waals surface area (Å²) in [5.41, 5.74) is 1.03. The van der Waals surface area contributed by atoms with Crippen LogP contribution in [0.5, 0.6) is 5.75 Å². The fourth-order valence-electron chi connectivity index (χ4n) is 2.46. The molecule has 0 atom stereocenters. The van der Waals surface area contributed by atoms with Gasteiger partial charge in [-0.1, -0.05) is 30.3 Å². The van der Waals surface area contributed by atoms with Gasteiger partial charge in [0.1, 0.15) is 11.6 Å². The molecular weight excluding hydrogens is 323 g/mol. The van der Waals surface area contributed by atoms with Crippen molar-refractivity contribution in [2.75, 3.05) is 18.6 Å². The zero-order valence-corrected chi connectivity index (χ0v) is 14.3. The first kappa shape index (κ1) is 18.4. The third-order valence-electron chi connectivity index (χ3n) is 3.75. The van der Waals surface area contributed by atoms with Gasteiger partial charge in [0.15, 0.2) is 0 Å². The van der Waals surface area contributed by atoms with Crippen molar-refractivity contribution in [1.82, 2.24) is 5.32 Å². The first-order chi connectivity index (χ1) is 12.0. The van der Waals surface area contributed by atoms with Crippen LogP contribution in [-0.2, 0) is 16.1 Å². The van der Waals surface area contributed by atoms with E-state index in [-0.39, 0.29) is 30.5 Å². The maximum absolute atomic E-state index is 13.9. The average molecular weight is 344 g/mol. The number of ether oxygens (including phenoxy) is 1. The van der Waals surface area contributed by atoms with Crippen LogP contribution in [0.2, 0.25) is 0 Å². The molecule has 2 rings (SSSR count). The van der Waals surface area contributed by atoms with Crippen LogP contribution >= 0.6 is 0 Å². The Balaban J connectivity index is 1.93. The second-order valence-electron chi connectivity index (χ2n) is 5.46. The highest BCUT2D eigenvalue weighted by Gasteiger charge is 2.16. The third-order valence-corrected chi connectivity index (χ3v) is 3.75. The Kier molecular flexibility index (Phi) is 6.51. The van der Waals surface area contributed by atoms with E-state index in [0.29, 0.717) is 12.3 Å². The molecule has 2 aromatic carbocycles. The fourth-order valence-corrected chi connectivity index (χ4v) is 2.46. The second-order valence-corrected chi connectivity index (χ2v) is 5.46. The van der Waals surface area contributed by atoms with Crippen molar-refractivity contribution in [3.8, 4) is 5.75 Å². The molecule has 0 aliphatic carbocycles. The van der Waals surface area contributed by atoms with E-state index in [1.165, 1.54) is 24.0 Å². The predicted octanol–water partition coefficient (Wildman–Crippen LogP) is 2.89. The number of nitrogens with one attached hydrogen (secondary N) is 1. The summed E-state index contributed by atoms with van der Waals surface area (Å²) >= 11 is 0. The van der Waals surface area contributed by atoms with Gasteiger partial charge in [0.25, 0.3) is 0 Å². The Morgan fingerprint density at radius 2 is 1.80 bits per heavy atom. The summed E-state index contributed by atoms with van der Waals surface area (Å²) < 4.78 is 19.1. The number of anilines is 1. The summed E-state index contributed by atoms with van der Waals surface area (Å²) in [5.74, 6) is -0.345. The highest BCUT2D eigenvalue weighted by atomic mass is 19.1. The lowest BCUT2D eigenvalue weighted by molar-refractivity contribution is -0.121. The van der Waals surface area contributed by atoms with Crippen LogP contribution in [0.4, 0.5) is 10.1 Å². The molecule has 0 saturated carbocycles. The van der Waals surface area contributed by atoms with Crippen LogP contribution in [0.25, 0.3) is 0 Å². The van der Waals surface area contributed by atoms with E-state index in [1.54, 1.807) is 19.2 Å². The Morgan fingerprint density at radius 1 is 1.12 bits per heavy atom. The molecule has 2 amide bonds. The van der Waals surface area contributed by atoms with Crippen LogP contribution < -0.4 is 15.0 Å². The lowest BCUT2D eigenvalue weighted by atomic mass is 10.2. The lowest BCUT2D eigenvalue weighted by Gasteiger charge is -2.21. The smallest absolute Gasteiger partial charge is 0.223 e. The molecule has 0 fully saturated rings. The van der Waals surface area contributed by atoms with Crippen molar-refractivity contribution in [2.45, 2.75) is 19.9 Å². The van der Waals surface area contributed by atoms with Gasteiger partial charge in [-0.2, -0.15) is 0 Å². The van der Waals surface area contributed by atoms with E-state index in [0.717, 1.165) is 5.56 Å². The molecular formula is C19H21FN2O3. The van der Waals surface area contributed by atoms with Crippen molar-refractivity contribution < 1.29 is 18.7 Å². The topological polar surface area (TPSA) is 58.6 Å². The van der Waals surface area contributed by atoms with Crippen molar-refractivity contribution in [1.29, 1.82) is 0 Å². The number of amides is 2. The molecule has 0 aliphatic heterocycles. The fraction of sp³-hybridized carbons (Fsp3) is 0.263. The minimum atomic E-state index is -0.493. The molecule has 1 N–H and O–H groups in total. The Bertz CT molecular complexity index is 749. The molecule has 0 spiro atoms. The zero-order chi connectivity index (χ0) is 18.2. The van der Waals surface area contributed by atoms with Crippen LogP contribution in [0.3, 0.4) is 0 Å². The minimum Gasteiger partial charge on any atom is -0.496 e. The van der Waals surface area contributed by atoms with Gasteiger partial charge in [-0.25, -0.2) is 4.39 Å². The van der Waals surface area contributed by atoms with E-state index in [2.05, 4.69) is 5.32 Å². The molecule has 0 bridgehead atoms. The molecule has 25 heavy (non-hydrogen) atoms. The number of carbonyl (C=O) groups is 2. The monoisotopic (exact) mass is 344 g/mol. The van der Waals surface area contributed by atoms with Crippen molar-refractivity contribution in [2.24, 2.45) is 0 Å². The molecule has 6 heteroatoms. The van der Waals surface area contributed by atoms with Gasteiger partial charge in [0.05, 0.1) is 12.8 Å². The number of hydrogen-bond acceptors (Lipinski definition) is 3. The maximum Gasteiger partial charge on any atom is 0.223 e. The summed E-state index contributed by atoms with van der Waals surface area (Å²) in [6, 6.07) is 13.4. The highest BCUT2D eigenvalue weighted by Crippen LogP contribution is 2.19. The van der Waals surface area contributed by atoms with Gasteiger partial charge in [-0.15, -0.1) is 0 Å². The van der Waals surface area contributed by atoms with E-state index >= 15 is 0 Å². The number of carbonyl (C=O) groups excluding carboxylic acids is 2. The number of methoxy groups -OCH3 is 1. The summed E-state index contributed by atoms with van der Waals surface area (Å²) in [6.45, 7) is 1.77. The van der Waals surface area contributed by atoms with Gasteiger partial charge < -0.3 is 15.0 Å². The third kappa shape index (κ3) is 5.04. The van der Waals surface area contributed by atoms with Crippen LogP contribution in [0.15, 0.2) is 48.5 Å². The number of rotatable bonds is 7. The number of halogens is 1. The SMILES string of the molecule is COc1ccccc1CNC(=O)CCN(C(C)=O)c1ccccc1F. The van der Waals surface area contributed by atoms with E-state index in [4.69, 9.17) is 4.74 Å². The molecule has 0 unspecified atom stereocenters. The van der Waals surface area contributed by atoms with Gasteiger partial charge in [0.2, 0.25) is 11.8 Å². The molecule has 132 valence electrons. The normalized spacial score (nSPS) is 10.2. The van der Waals surface area contributed by atoms with Gasteiger partial charge in [-0.3, -0.25) is 9.59 Å². The number of nitrogens with zero attached hydrogens (tertiary/aromatic N) is 1. The number of para-hydroxylation sites is 2. The van der Waals surface area contributed by atoms with Gasteiger partial charge in [0, 0.05) is 32.0 Å².